The third-order valence-electron chi connectivity index (χ3n) is 3.12. The molecule has 7 heteroatoms. The van der Waals surface area contributed by atoms with Crippen molar-refractivity contribution in [2.75, 3.05) is 29.9 Å². The molecule has 2 rings (SSSR count). The Labute approximate surface area is 143 Å². The molecule has 1 aromatic rings. The molecule has 1 aromatic carbocycles. The van der Waals surface area contributed by atoms with Crippen LogP contribution in [-0.2, 0) is 11.3 Å². The molecule has 1 atom stereocenters. The van der Waals surface area contributed by atoms with E-state index in [-0.39, 0.29) is 30.7 Å². The lowest BCUT2D eigenvalue weighted by molar-refractivity contribution is -0.117. The summed E-state index contributed by atoms with van der Waals surface area (Å²) in [5, 5.41) is 2.83. The van der Waals surface area contributed by atoms with Crippen molar-refractivity contribution in [3.63, 3.8) is 0 Å². The minimum atomic E-state index is -0.484. The number of nitrogens with zero attached hydrogens (tertiary/aromatic N) is 1. The highest BCUT2D eigenvalue weighted by Crippen LogP contribution is 2.16. The predicted octanol–water partition coefficient (Wildman–Crippen LogP) is 2.36. The molecule has 1 aliphatic heterocycles. The number of hydrogen-bond donors (Lipinski definition) is 2. The zero-order valence-electron chi connectivity index (χ0n) is 12.1. The molecule has 0 unspecified atom stereocenters. The van der Waals surface area contributed by atoms with Gasteiger partial charge in [0.25, 0.3) is 0 Å². The van der Waals surface area contributed by atoms with Crippen molar-refractivity contribution >= 4 is 48.2 Å². The number of carbonyl (C=O) groups excluding carboxylic acids is 1. The van der Waals surface area contributed by atoms with Crippen molar-refractivity contribution in [2.45, 2.75) is 19.5 Å². The largest absolute Gasteiger partial charge is 0.325 e. The fraction of sp³-hybridized carbons (Fsp3) is 0.500. The molecule has 1 amide bonds. The van der Waals surface area contributed by atoms with Crippen molar-refractivity contribution in [2.24, 2.45) is 5.73 Å². The van der Waals surface area contributed by atoms with Gasteiger partial charge in [-0.3, -0.25) is 9.69 Å². The number of thioether (sulfide) groups is 1. The standard InChI is InChI=1S/C14H21N3OS.2ClH/c1-11(15)14(18)16-13-4-2-3-12(9-13)10-17-5-7-19-8-6-17;;/h2-4,9,11H,5-8,10,15H2,1H3,(H,16,18);2*1H/t11-;;/m1../s1. The average Bonchev–Trinajstić information content (AvgIpc) is 2.40. The SMILES string of the molecule is C[C@@H](N)C(=O)Nc1cccc(CN2CCSCC2)c1.Cl.Cl. The monoisotopic (exact) mass is 351 g/mol. The quantitative estimate of drug-likeness (QED) is 0.874. The van der Waals surface area contributed by atoms with Crippen LogP contribution in [0.3, 0.4) is 0 Å². The minimum Gasteiger partial charge on any atom is -0.325 e. The third kappa shape index (κ3) is 6.89. The summed E-state index contributed by atoms with van der Waals surface area (Å²) in [4.78, 5) is 14.0. The fourth-order valence-electron chi connectivity index (χ4n) is 2.02. The van der Waals surface area contributed by atoms with Gasteiger partial charge in [0, 0.05) is 36.8 Å². The Kier molecular flexibility index (Phi) is 10.1. The lowest BCUT2D eigenvalue weighted by atomic mass is 10.2. The molecular weight excluding hydrogens is 329 g/mol. The van der Waals surface area contributed by atoms with Crippen LogP contribution in [0.15, 0.2) is 24.3 Å². The number of hydrogen-bond acceptors (Lipinski definition) is 4. The number of benzene rings is 1. The van der Waals surface area contributed by atoms with E-state index in [9.17, 15) is 4.79 Å². The first kappa shape index (κ1) is 20.5. The van der Waals surface area contributed by atoms with Gasteiger partial charge in [-0.15, -0.1) is 24.8 Å². The van der Waals surface area contributed by atoms with Crippen molar-refractivity contribution in [1.29, 1.82) is 0 Å². The molecule has 0 spiro atoms. The molecule has 3 N–H and O–H groups in total. The van der Waals surface area contributed by atoms with E-state index in [2.05, 4.69) is 16.3 Å². The summed E-state index contributed by atoms with van der Waals surface area (Å²) in [5.74, 6) is 2.27. The lowest BCUT2D eigenvalue weighted by Gasteiger charge is -2.26. The van der Waals surface area contributed by atoms with E-state index in [1.165, 1.54) is 17.1 Å². The molecule has 1 fully saturated rings. The van der Waals surface area contributed by atoms with Crippen LogP contribution in [0.2, 0.25) is 0 Å². The summed E-state index contributed by atoms with van der Waals surface area (Å²) in [7, 11) is 0. The molecule has 120 valence electrons. The number of halogens is 2. The minimum absolute atomic E-state index is 0. The van der Waals surface area contributed by atoms with E-state index in [1.807, 2.05) is 30.0 Å². The van der Waals surface area contributed by atoms with E-state index in [4.69, 9.17) is 5.73 Å². The second kappa shape index (κ2) is 10.3. The number of nitrogens with one attached hydrogen (secondary N) is 1. The zero-order valence-corrected chi connectivity index (χ0v) is 14.5. The molecule has 1 heterocycles. The van der Waals surface area contributed by atoms with E-state index in [1.54, 1.807) is 6.92 Å². The molecular formula is C14H23Cl2N3OS. The van der Waals surface area contributed by atoms with Crippen LogP contribution in [0.4, 0.5) is 5.69 Å². The van der Waals surface area contributed by atoms with Crippen molar-refractivity contribution in [3.05, 3.63) is 29.8 Å². The maximum Gasteiger partial charge on any atom is 0.240 e. The molecule has 0 aliphatic carbocycles. The summed E-state index contributed by atoms with van der Waals surface area (Å²) in [6.07, 6.45) is 0. The molecule has 1 saturated heterocycles. The normalized spacial score (nSPS) is 16.3. The number of rotatable bonds is 4. The summed E-state index contributed by atoms with van der Waals surface area (Å²) in [5.41, 5.74) is 7.60. The molecule has 0 saturated carbocycles. The van der Waals surface area contributed by atoms with Crippen LogP contribution in [0, 0.1) is 0 Å². The second-order valence-electron chi connectivity index (χ2n) is 4.87. The third-order valence-corrected chi connectivity index (χ3v) is 4.06. The average molecular weight is 352 g/mol. The molecule has 0 bridgehead atoms. The van der Waals surface area contributed by atoms with E-state index in [0.717, 1.165) is 25.3 Å². The van der Waals surface area contributed by atoms with E-state index in [0.29, 0.717) is 0 Å². The van der Waals surface area contributed by atoms with Crippen LogP contribution in [0.1, 0.15) is 12.5 Å². The van der Waals surface area contributed by atoms with Crippen LogP contribution in [-0.4, -0.2) is 41.4 Å². The Bertz CT molecular complexity index is 440. The Morgan fingerprint density at radius 2 is 2.05 bits per heavy atom. The van der Waals surface area contributed by atoms with Crippen molar-refractivity contribution in [1.82, 2.24) is 4.90 Å². The van der Waals surface area contributed by atoms with Gasteiger partial charge >= 0.3 is 0 Å². The van der Waals surface area contributed by atoms with E-state index < -0.39 is 6.04 Å². The second-order valence-corrected chi connectivity index (χ2v) is 6.09. The Morgan fingerprint density at radius 3 is 2.67 bits per heavy atom. The van der Waals surface area contributed by atoms with Crippen LogP contribution in [0.25, 0.3) is 0 Å². The fourth-order valence-corrected chi connectivity index (χ4v) is 3.00. The number of carbonyl (C=O) groups is 1. The van der Waals surface area contributed by atoms with Gasteiger partial charge in [0.1, 0.15) is 0 Å². The van der Waals surface area contributed by atoms with Gasteiger partial charge in [-0.1, -0.05) is 12.1 Å². The lowest BCUT2D eigenvalue weighted by Crippen LogP contribution is -2.33. The summed E-state index contributed by atoms with van der Waals surface area (Å²) in [6.45, 7) is 4.91. The van der Waals surface area contributed by atoms with Gasteiger partial charge in [0.15, 0.2) is 0 Å². The van der Waals surface area contributed by atoms with Crippen LogP contribution >= 0.6 is 36.6 Å². The first-order valence-corrected chi connectivity index (χ1v) is 7.76. The Balaban J connectivity index is 0.00000200. The zero-order chi connectivity index (χ0) is 13.7. The number of anilines is 1. The first-order chi connectivity index (χ1) is 9.15. The van der Waals surface area contributed by atoms with Crippen molar-refractivity contribution in [3.8, 4) is 0 Å². The van der Waals surface area contributed by atoms with Gasteiger partial charge in [-0.05, 0) is 24.6 Å². The summed E-state index contributed by atoms with van der Waals surface area (Å²) < 4.78 is 0. The number of amides is 1. The summed E-state index contributed by atoms with van der Waals surface area (Å²) in [6, 6.07) is 7.52. The van der Waals surface area contributed by atoms with Crippen LogP contribution in [0.5, 0.6) is 0 Å². The first-order valence-electron chi connectivity index (χ1n) is 6.60. The highest BCUT2D eigenvalue weighted by molar-refractivity contribution is 7.99. The molecule has 0 aromatic heterocycles. The smallest absolute Gasteiger partial charge is 0.240 e. The highest BCUT2D eigenvalue weighted by atomic mass is 35.5. The van der Waals surface area contributed by atoms with Gasteiger partial charge < -0.3 is 11.1 Å². The van der Waals surface area contributed by atoms with Crippen molar-refractivity contribution < 1.29 is 4.79 Å². The van der Waals surface area contributed by atoms with Gasteiger partial charge in [0.2, 0.25) is 5.91 Å². The van der Waals surface area contributed by atoms with Gasteiger partial charge in [-0.25, -0.2) is 0 Å². The molecule has 1 aliphatic rings. The van der Waals surface area contributed by atoms with Gasteiger partial charge in [-0.2, -0.15) is 11.8 Å². The molecule has 21 heavy (non-hydrogen) atoms. The Hall–Kier alpha value is -0.460. The molecule has 4 nitrogen and oxygen atoms in total. The van der Waals surface area contributed by atoms with E-state index >= 15 is 0 Å². The predicted molar refractivity (Wildman–Crippen MR) is 95.8 cm³/mol. The highest BCUT2D eigenvalue weighted by Gasteiger charge is 2.11. The topological polar surface area (TPSA) is 58.4 Å². The van der Waals surface area contributed by atoms with Gasteiger partial charge in [0.05, 0.1) is 6.04 Å². The number of nitrogens with two attached hydrogens (primary N) is 1. The Morgan fingerprint density at radius 1 is 1.38 bits per heavy atom. The molecule has 0 radical (unpaired) electrons. The maximum atomic E-state index is 11.6. The van der Waals surface area contributed by atoms with Crippen LogP contribution < -0.4 is 11.1 Å². The maximum absolute atomic E-state index is 11.6. The summed E-state index contributed by atoms with van der Waals surface area (Å²) >= 11 is 2.01.